The molecule has 1 unspecified atom stereocenters. The Balaban J connectivity index is 2.09. The van der Waals surface area contributed by atoms with Crippen molar-refractivity contribution in [1.29, 1.82) is 0 Å². The van der Waals surface area contributed by atoms with Crippen LogP contribution in [0.3, 0.4) is 0 Å². The molecule has 1 heterocycles. The van der Waals surface area contributed by atoms with E-state index >= 15 is 0 Å². The Bertz CT molecular complexity index is 484. The van der Waals surface area contributed by atoms with Crippen LogP contribution in [0.25, 0.3) is 0 Å². The smallest absolute Gasteiger partial charge is 0.142 e. The van der Waals surface area contributed by atoms with Gasteiger partial charge in [0.25, 0.3) is 0 Å². The van der Waals surface area contributed by atoms with Gasteiger partial charge in [-0.3, -0.25) is 0 Å². The molecule has 0 saturated heterocycles. The fourth-order valence-corrected chi connectivity index (χ4v) is 2.65. The summed E-state index contributed by atoms with van der Waals surface area (Å²) < 4.78 is 5.36. The van der Waals surface area contributed by atoms with Crippen molar-refractivity contribution in [2.75, 3.05) is 25.6 Å². The second-order valence-corrected chi connectivity index (χ2v) is 5.15. The van der Waals surface area contributed by atoms with Gasteiger partial charge in [0.15, 0.2) is 0 Å². The monoisotopic (exact) mass is 262 g/mol. The molecule has 2 aromatic rings. The molecule has 3 nitrogen and oxygen atoms in total. The predicted octanol–water partition coefficient (Wildman–Crippen LogP) is 2.89. The van der Waals surface area contributed by atoms with Gasteiger partial charge in [0.05, 0.1) is 18.8 Å². The van der Waals surface area contributed by atoms with Crippen molar-refractivity contribution in [3.05, 3.63) is 46.7 Å². The van der Waals surface area contributed by atoms with Crippen LogP contribution in [0.1, 0.15) is 10.9 Å². The van der Waals surface area contributed by atoms with E-state index in [0.717, 1.165) is 18.0 Å². The van der Waals surface area contributed by atoms with Gasteiger partial charge in [0, 0.05) is 18.5 Å². The van der Waals surface area contributed by atoms with Crippen LogP contribution < -0.4 is 15.4 Å². The largest absolute Gasteiger partial charge is 0.495 e. The summed E-state index contributed by atoms with van der Waals surface area (Å²) in [5.41, 5.74) is 7.26. The topological polar surface area (TPSA) is 38.5 Å². The number of benzene rings is 1. The minimum Gasteiger partial charge on any atom is -0.495 e. The summed E-state index contributed by atoms with van der Waals surface area (Å²) in [6.45, 7) is 0.765. The van der Waals surface area contributed by atoms with Crippen molar-refractivity contribution in [2.24, 2.45) is 5.73 Å². The highest BCUT2D eigenvalue weighted by Gasteiger charge is 2.13. The van der Waals surface area contributed by atoms with Crippen molar-refractivity contribution in [3.63, 3.8) is 0 Å². The van der Waals surface area contributed by atoms with Crippen LogP contribution in [0.2, 0.25) is 0 Å². The number of nitrogens with two attached hydrogens (primary N) is 1. The van der Waals surface area contributed by atoms with E-state index in [1.807, 2.05) is 37.4 Å². The number of likely N-dealkylation sites (N-methyl/N-ethyl adjacent to an activating group) is 1. The summed E-state index contributed by atoms with van der Waals surface area (Å²) in [6.07, 6.45) is 0. The van der Waals surface area contributed by atoms with Crippen LogP contribution in [0.15, 0.2) is 41.8 Å². The molecule has 0 aliphatic carbocycles. The number of para-hydroxylation sites is 2. The number of anilines is 1. The fourth-order valence-electron chi connectivity index (χ4n) is 1.93. The standard InChI is InChI=1S/C14H18N2OS/c1-16(10-11(15)14-8-5-9-18-14)12-6-3-4-7-13(12)17-2/h3-9,11H,10,15H2,1-2H3. The Morgan fingerprint density at radius 3 is 2.72 bits per heavy atom. The van der Waals surface area contributed by atoms with Gasteiger partial charge in [0.2, 0.25) is 0 Å². The molecule has 0 amide bonds. The summed E-state index contributed by atoms with van der Waals surface area (Å²) in [5.74, 6) is 0.873. The van der Waals surface area contributed by atoms with E-state index in [2.05, 4.69) is 16.3 Å². The third-order valence-electron chi connectivity index (χ3n) is 2.88. The molecule has 2 rings (SSSR count). The van der Waals surface area contributed by atoms with Crippen LogP contribution in [0, 0.1) is 0 Å². The van der Waals surface area contributed by atoms with Crippen LogP contribution in [-0.2, 0) is 0 Å². The Hall–Kier alpha value is -1.52. The van der Waals surface area contributed by atoms with Gasteiger partial charge in [-0.25, -0.2) is 0 Å². The highest BCUT2D eigenvalue weighted by molar-refractivity contribution is 7.10. The molecular formula is C14H18N2OS. The van der Waals surface area contributed by atoms with Crippen molar-refractivity contribution < 1.29 is 4.74 Å². The second kappa shape index (κ2) is 5.89. The Morgan fingerprint density at radius 1 is 1.28 bits per heavy atom. The molecule has 0 aliphatic rings. The van der Waals surface area contributed by atoms with Crippen molar-refractivity contribution in [3.8, 4) is 5.75 Å². The lowest BCUT2D eigenvalue weighted by molar-refractivity contribution is 0.414. The zero-order chi connectivity index (χ0) is 13.0. The molecule has 0 radical (unpaired) electrons. The quantitative estimate of drug-likeness (QED) is 0.900. The van der Waals surface area contributed by atoms with E-state index in [4.69, 9.17) is 10.5 Å². The molecule has 0 fully saturated rings. The highest BCUT2D eigenvalue weighted by atomic mass is 32.1. The molecule has 1 atom stereocenters. The fraction of sp³-hybridized carbons (Fsp3) is 0.286. The van der Waals surface area contributed by atoms with E-state index in [1.54, 1.807) is 18.4 Å². The minimum atomic E-state index is 0.0277. The van der Waals surface area contributed by atoms with Gasteiger partial charge in [-0.2, -0.15) is 0 Å². The van der Waals surface area contributed by atoms with Crippen molar-refractivity contribution in [1.82, 2.24) is 0 Å². The Kier molecular flexibility index (Phi) is 4.23. The van der Waals surface area contributed by atoms with Gasteiger partial charge < -0.3 is 15.4 Å². The summed E-state index contributed by atoms with van der Waals surface area (Å²) in [5, 5.41) is 2.05. The van der Waals surface area contributed by atoms with E-state index in [1.165, 1.54) is 4.88 Å². The number of hydrogen-bond acceptors (Lipinski definition) is 4. The van der Waals surface area contributed by atoms with E-state index in [-0.39, 0.29) is 6.04 Å². The lowest BCUT2D eigenvalue weighted by Gasteiger charge is -2.24. The molecular weight excluding hydrogens is 244 g/mol. The maximum atomic E-state index is 6.20. The number of nitrogens with zero attached hydrogens (tertiary/aromatic N) is 1. The van der Waals surface area contributed by atoms with Gasteiger partial charge in [-0.1, -0.05) is 18.2 Å². The third-order valence-corrected chi connectivity index (χ3v) is 3.88. The number of ether oxygens (including phenoxy) is 1. The van der Waals surface area contributed by atoms with E-state index in [0.29, 0.717) is 0 Å². The Morgan fingerprint density at radius 2 is 2.06 bits per heavy atom. The van der Waals surface area contributed by atoms with Crippen molar-refractivity contribution in [2.45, 2.75) is 6.04 Å². The minimum absolute atomic E-state index is 0.0277. The first-order chi connectivity index (χ1) is 8.72. The van der Waals surface area contributed by atoms with E-state index in [9.17, 15) is 0 Å². The average molecular weight is 262 g/mol. The maximum Gasteiger partial charge on any atom is 0.142 e. The van der Waals surface area contributed by atoms with Crippen LogP contribution in [-0.4, -0.2) is 20.7 Å². The second-order valence-electron chi connectivity index (χ2n) is 4.17. The van der Waals surface area contributed by atoms with Crippen LogP contribution in [0.4, 0.5) is 5.69 Å². The van der Waals surface area contributed by atoms with Gasteiger partial charge in [-0.15, -0.1) is 11.3 Å². The number of rotatable bonds is 5. The average Bonchev–Trinajstić information content (AvgIpc) is 2.92. The molecule has 0 saturated carbocycles. The van der Waals surface area contributed by atoms with Gasteiger partial charge in [0.1, 0.15) is 5.75 Å². The first-order valence-electron chi connectivity index (χ1n) is 5.85. The molecule has 96 valence electrons. The summed E-state index contributed by atoms with van der Waals surface area (Å²) in [4.78, 5) is 3.33. The summed E-state index contributed by atoms with van der Waals surface area (Å²) >= 11 is 1.70. The maximum absolute atomic E-state index is 6.20. The molecule has 0 aliphatic heterocycles. The predicted molar refractivity (Wildman–Crippen MR) is 77.5 cm³/mol. The molecule has 0 spiro atoms. The molecule has 4 heteroatoms. The molecule has 1 aromatic heterocycles. The number of thiophene rings is 1. The van der Waals surface area contributed by atoms with E-state index < -0.39 is 0 Å². The zero-order valence-electron chi connectivity index (χ0n) is 10.7. The SMILES string of the molecule is COc1ccccc1N(C)CC(N)c1cccs1. The molecule has 1 aromatic carbocycles. The number of hydrogen-bond donors (Lipinski definition) is 1. The summed E-state index contributed by atoms with van der Waals surface area (Å²) in [7, 11) is 3.72. The number of methoxy groups -OCH3 is 1. The van der Waals surface area contributed by atoms with Gasteiger partial charge in [-0.05, 0) is 23.6 Å². The molecule has 2 N–H and O–H groups in total. The van der Waals surface area contributed by atoms with Gasteiger partial charge >= 0.3 is 0 Å². The first kappa shape index (κ1) is 12.9. The van der Waals surface area contributed by atoms with Crippen LogP contribution in [0.5, 0.6) is 5.75 Å². The lowest BCUT2D eigenvalue weighted by Crippen LogP contribution is -2.28. The van der Waals surface area contributed by atoms with Crippen molar-refractivity contribution >= 4 is 17.0 Å². The first-order valence-corrected chi connectivity index (χ1v) is 6.73. The van der Waals surface area contributed by atoms with Crippen LogP contribution >= 0.6 is 11.3 Å². The Labute approximate surface area is 112 Å². The molecule has 0 bridgehead atoms. The summed E-state index contributed by atoms with van der Waals surface area (Å²) in [6, 6.07) is 12.1. The normalized spacial score (nSPS) is 12.2. The highest BCUT2D eigenvalue weighted by Crippen LogP contribution is 2.28. The lowest BCUT2D eigenvalue weighted by atomic mass is 10.2. The zero-order valence-corrected chi connectivity index (χ0v) is 11.5. The molecule has 18 heavy (non-hydrogen) atoms. The third kappa shape index (κ3) is 2.83.